The molecule has 0 bridgehead atoms. The lowest BCUT2D eigenvalue weighted by Gasteiger charge is -2.71. The third-order valence-electron chi connectivity index (χ3n) is 21.8. The third kappa shape index (κ3) is 11.7. The van der Waals surface area contributed by atoms with E-state index in [0.717, 1.165) is 63.2 Å². The van der Waals surface area contributed by atoms with Crippen LogP contribution in [0.15, 0.2) is 11.6 Å². The molecule has 21 nitrogen and oxygen atoms in total. The Bertz CT molecular complexity index is 2230. The second kappa shape index (κ2) is 24.3. The predicted octanol–water partition coefficient (Wildman–Crippen LogP) is 3.42. The average Bonchev–Trinajstić information content (AvgIpc) is 3.41. The molecule has 8 rings (SSSR count). The summed E-state index contributed by atoms with van der Waals surface area (Å²) >= 11 is 0. The fraction of sp³-hybridized carbons (Fsp3) is 0.898. The summed E-state index contributed by atoms with van der Waals surface area (Å²) in [5.74, 6) is -5.13. The van der Waals surface area contributed by atoms with Gasteiger partial charge in [-0.05, 0) is 117 Å². The Morgan fingerprint density at radius 3 is 2.02 bits per heavy atom. The van der Waals surface area contributed by atoms with Crippen LogP contribution in [0.5, 0.6) is 0 Å². The van der Waals surface area contributed by atoms with Crippen LogP contribution in [0.2, 0.25) is 0 Å². The molecule has 4 saturated carbocycles. The van der Waals surface area contributed by atoms with Gasteiger partial charge in [0.2, 0.25) is 12.2 Å². The minimum absolute atomic E-state index is 0.0464. The fourth-order valence-corrected chi connectivity index (χ4v) is 16.7. The molecule has 0 aromatic rings. The number of aldehydes is 1. The lowest BCUT2D eigenvalue weighted by molar-refractivity contribution is -0.373. The van der Waals surface area contributed by atoms with Crippen LogP contribution in [0.3, 0.4) is 0 Å². The van der Waals surface area contributed by atoms with Crippen LogP contribution < -0.4 is 5.32 Å². The number of hydrogen-bond acceptors (Lipinski definition) is 19. The normalized spacial score (nSPS) is 45.9. The molecule has 21 heteroatoms. The highest BCUT2D eigenvalue weighted by Crippen LogP contribution is 2.76. The number of aliphatic carboxylic acids is 1. The number of fused-ring (bicyclic) bond motifs is 7. The molecule has 3 aliphatic heterocycles. The summed E-state index contributed by atoms with van der Waals surface area (Å²) in [5.41, 5.74) is -2.88. The number of unbranched alkanes of at least 4 members (excludes halogenated alkanes) is 7. The van der Waals surface area contributed by atoms with E-state index in [1.54, 1.807) is 0 Å². The van der Waals surface area contributed by atoms with E-state index in [9.17, 15) is 60.3 Å². The molecular weight excluding hydrogens is 1040 g/mol. The van der Waals surface area contributed by atoms with E-state index in [2.05, 4.69) is 46.0 Å². The zero-order valence-corrected chi connectivity index (χ0v) is 48.1. The number of nitrogens with one attached hydrogen (secondary N) is 1. The molecule has 1 amide bonds. The highest BCUT2D eigenvalue weighted by atomic mass is 16.8. The van der Waals surface area contributed by atoms with Crippen molar-refractivity contribution >= 4 is 24.1 Å². The van der Waals surface area contributed by atoms with E-state index in [0.29, 0.717) is 44.9 Å². The summed E-state index contributed by atoms with van der Waals surface area (Å²) in [6.45, 7) is 13.2. The number of amides is 1. The van der Waals surface area contributed by atoms with Gasteiger partial charge in [0.05, 0.1) is 49.4 Å². The number of aliphatic hydroxyl groups is 9. The molecule has 0 aromatic carbocycles. The Kier molecular flexibility index (Phi) is 19.2. The molecule has 0 radical (unpaired) electrons. The number of aliphatic hydroxyl groups excluding tert-OH is 7. The van der Waals surface area contributed by atoms with Crippen molar-refractivity contribution in [2.45, 2.75) is 269 Å². The Labute approximate surface area is 470 Å². The number of rotatable bonds is 20. The summed E-state index contributed by atoms with van der Waals surface area (Å²) < 4.78 is 36.5. The van der Waals surface area contributed by atoms with E-state index >= 15 is 4.79 Å². The average molecular weight is 1140 g/mol. The molecule has 11 N–H and O–H groups in total. The molecule has 80 heavy (non-hydrogen) atoms. The highest BCUT2D eigenvalue weighted by Gasteiger charge is 2.72. The van der Waals surface area contributed by atoms with Gasteiger partial charge in [-0.25, -0.2) is 0 Å². The lowest BCUT2D eigenvalue weighted by Crippen LogP contribution is -2.69. The summed E-state index contributed by atoms with van der Waals surface area (Å²) in [7, 11) is 0. The van der Waals surface area contributed by atoms with Crippen LogP contribution in [0.1, 0.15) is 177 Å². The van der Waals surface area contributed by atoms with Crippen LogP contribution in [0.4, 0.5) is 0 Å². The summed E-state index contributed by atoms with van der Waals surface area (Å²) in [6.07, 6.45) is -5.62. The van der Waals surface area contributed by atoms with Gasteiger partial charge in [0.15, 0.2) is 24.5 Å². The van der Waals surface area contributed by atoms with Gasteiger partial charge in [0.25, 0.3) is 0 Å². The van der Waals surface area contributed by atoms with Crippen molar-refractivity contribution in [1.29, 1.82) is 0 Å². The fourth-order valence-electron chi connectivity index (χ4n) is 16.7. The van der Waals surface area contributed by atoms with E-state index in [4.69, 9.17) is 33.5 Å². The first-order valence-electron chi connectivity index (χ1n) is 29.8. The Balaban J connectivity index is 1.04. The Hall–Kier alpha value is -2.74. The number of allylic oxidation sites excluding steroid dienone is 2. The lowest BCUT2D eigenvalue weighted by atomic mass is 9.33. The number of carboxylic acids is 1. The van der Waals surface area contributed by atoms with Gasteiger partial charge in [-0.15, -0.1) is 0 Å². The van der Waals surface area contributed by atoms with Crippen molar-refractivity contribution in [3.05, 3.63) is 11.6 Å². The standard InChI is InChI=1S/C59H95NO20/c1-32-48(78-43-28-59(73,74)40(65)30-75-43)46(70)47(71)50(76-32)79-49-45(69)44(60-41(66)16-14-12-10-8-9-11-13-15-17-42(67)68)35(29-61)77-51(49)80-52(72)58-25-24-53(2,3)26-34(58)33-18-19-37-54(4)22-21-38(63)55(5,31-62)36(54)20-23-56(37,6)57(33,7)27-39(58)64/h18,31-32,34-40,43-51,61,63-65,69-71,73-74H,8-17,19-30H2,1-7H3,(H,60,66)(H,67,68)/t32?,34?,35?,36?,37?,38-,39?,40+,43-,44-,45?,46?,47?,48-,49?,50-,51-,54?,55?,56?,57?,58+/m0/s1. The van der Waals surface area contributed by atoms with Crippen molar-refractivity contribution in [2.24, 2.45) is 50.2 Å². The van der Waals surface area contributed by atoms with Crippen LogP contribution in [-0.4, -0.2) is 180 Å². The SMILES string of the molecule is CC1O[C@@H](OC2C(O)[C@@H](NC(=O)CCCCCCCCCCC(=O)O)C(CO)O[C@H]2OC(=O)[C@]23CCC(C)(C)CC2C2=CCC4C5(C)CC[C@H](O)C(C)(C=O)C5CCC4(C)C2(C)CC3O)C(O)C(O)[C@H]1O[C@H]1CC(O)(O)[C@H](O)CO1. The molecule has 8 aliphatic rings. The zero-order valence-electron chi connectivity index (χ0n) is 48.1. The summed E-state index contributed by atoms with van der Waals surface area (Å²) in [4.78, 5) is 52.9. The van der Waals surface area contributed by atoms with Crippen LogP contribution >= 0.6 is 0 Å². The molecule has 5 aliphatic carbocycles. The van der Waals surface area contributed by atoms with Crippen molar-refractivity contribution in [3.63, 3.8) is 0 Å². The van der Waals surface area contributed by atoms with Crippen LogP contribution in [-0.2, 0) is 47.6 Å². The van der Waals surface area contributed by atoms with Gasteiger partial charge >= 0.3 is 11.9 Å². The number of hydrogen-bond donors (Lipinski definition) is 11. The van der Waals surface area contributed by atoms with Crippen molar-refractivity contribution in [2.75, 3.05) is 13.2 Å². The van der Waals surface area contributed by atoms with Gasteiger partial charge in [-0.2, -0.15) is 0 Å². The quantitative estimate of drug-likeness (QED) is 0.0273. The summed E-state index contributed by atoms with van der Waals surface area (Å²) in [5, 5.41) is 113. The topological polar surface area (TPSA) is 338 Å². The number of carbonyl (C=O) groups is 4. The van der Waals surface area contributed by atoms with Crippen molar-refractivity contribution in [1.82, 2.24) is 5.32 Å². The van der Waals surface area contributed by atoms with Crippen molar-refractivity contribution < 1.29 is 98.7 Å². The second-order valence-electron chi connectivity index (χ2n) is 27.2. The maximum atomic E-state index is 15.7. The first kappa shape index (κ1) is 63.3. The number of carbonyl (C=O) groups excluding carboxylic acids is 3. The van der Waals surface area contributed by atoms with Crippen LogP contribution in [0.25, 0.3) is 0 Å². The smallest absolute Gasteiger partial charge is 0.317 e. The highest BCUT2D eigenvalue weighted by molar-refractivity contribution is 5.80. The molecule has 0 aromatic heterocycles. The molecular formula is C59H95NO20. The first-order valence-corrected chi connectivity index (χ1v) is 29.8. The van der Waals surface area contributed by atoms with Gasteiger partial charge in [0, 0.05) is 12.8 Å². The first-order chi connectivity index (χ1) is 37.5. The van der Waals surface area contributed by atoms with Gasteiger partial charge in [-0.3, -0.25) is 14.4 Å². The zero-order chi connectivity index (χ0) is 58.5. The Morgan fingerprint density at radius 1 is 0.725 bits per heavy atom. The maximum absolute atomic E-state index is 15.7. The number of esters is 1. The monoisotopic (exact) mass is 1140 g/mol. The minimum Gasteiger partial charge on any atom is -0.481 e. The molecule has 14 unspecified atom stereocenters. The van der Waals surface area contributed by atoms with Crippen molar-refractivity contribution in [3.8, 4) is 0 Å². The van der Waals surface area contributed by atoms with Gasteiger partial charge in [0.1, 0.15) is 48.3 Å². The van der Waals surface area contributed by atoms with E-state index in [-0.39, 0.29) is 53.8 Å². The van der Waals surface area contributed by atoms with Gasteiger partial charge < -0.3 is 89.6 Å². The van der Waals surface area contributed by atoms with E-state index < -0.39 is 151 Å². The predicted molar refractivity (Wildman–Crippen MR) is 284 cm³/mol. The molecule has 3 saturated heterocycles. The second-order valence-corrected chi connectivity index (χ2v) is 27.2. The molecule has 22 atom stereocenters. The minimum atomic E-state index is -2.57. The Morgan fingerprint density at radius 2 is 1.39 bits per heavy atom. The number of carboxylic acid groups (broad SMARTS) is 1. The van der Waals surface area contributed by atoms with Crippen LogP contribution in [0, 0.1) is 50.2 Å². The number of ether oxygens (including phenoxy) is 6. The molecule has 0 spiro atoms. The maximum Gasteiger partial charge on any atom is 0.317 e. The third-order valence-corrected chi connectivity index (χ3v) is 21.8. The van der Waals surface area contributed by atoms with E-state index in [1.807, 2.05) is 6.92 Å². The van der Waals surface area contributed by atoms with Gasteiger partial charge in [-0.1, -0.05) is 91.7 Å². The summed E-state index contributed by atoms with van der Waals surface area (Å²) in [6, 6.07) is -1.36. The molecule has 7 fully saturated rings. The largest absolute Gasteiger partial charge is 0.481 e. The molecule has 3 heterocycles. The van der Waals surface area contributed by atoms with E-state index in [1.165, 1.54) is 6.92 Å². The molecule has 456 valence electrons.